The predicted molar refractivity (Wildman–Crippen MR) is 153 cm³/mol. The summed E-state index contributed by atoms with van der Waals surface area (Å²) in [6.45, 7) is 0.578. The molecule has 2 N–H and O–H groups in total. The zero-order valence-electron chi connectivity index (χ0n) is 22.1. The van der Waals surface area contributed by atoms with Gasteiger partial charge >= 0.3 is 6.03 Å². The van der Waals surface area contributed by atoms with Crippen LogP contribution in [0.5, 0.6) is 0 Å². The molecule has 0 saturated heterocycles. The molecule has 4 aromatic rings. The van der Waals surface area contributed by atoms with E-state index in [0.29, 0.717) is 12.1 Å². The summed E-state index contributed by atoms with van der Waals surface area (Å²) in [6, 6.07) is 24.4. The molecule has 1 fully saturated rings. The van der Waals surface area contributed by atoms with E-state index in [9.17, 15) is 4.79 Å². The van der Waals surface area contributed by atoms with E-state index < -0.39 is 0 Å². The molecule has 5 rings (SSSR count). The van der Waals surface area contributed by atoms with Crippen molar-refractivity contribution in [1.82, 2.24) is 20.1 Å². The van der Waals surface area contributed by atoms with Crippen molar-refractivity contribution in [2.45, 2.75) is 44.2 Å². The molecule has 1 aliphatic carbocycles. The maximum atomic E-state index is 13.6. The van der Waals surface area contributed by atoms with Crippen molar-refractivity contribution in [2.75, 3.05) is 16.8 Å². The third kappa shape index (κ3) is 6.63. The second-order valence-corrected chi connectivity index (χ2v) is 9.98. The lowest BCUT2D eigenvalue weighted by Crippen LogP contribution is -2.49. The van der Waals surface area contributed by atoms with Crippen molar-refractivity contribution < 1.29 is 4.79 Å². The Balaban J connectivity index is 1.27. The van der Waals surface area contributed by atoms with Gasteiger partial charge in [0.25, 0.3) is 0 Å². The van der Waals surface area contributed by atoms with Crippen molar-refractivity contribution >= 4 is 17.5 Å². The highest BCUT2D eigenvalue weighted by atomic mass is 16.2. The molecule has 0 atom stereocenters. The molecule has 1 saturated carbocycles. The second-order valence-electron chi connectivity index (χ2n) is 9.98. The number of aromatic nitrogens is 3. The molecule has 39 heavy (non-hydrogen) atoms. The smallest absolute Gasteiger partial charge is 0.322 e. The minimum Gasteiger partial charge on any atom is -0.367 e. The summed E-state index contributed by atoms with van der Waals surface area (Å²) in [7, 11) is 1.90. The highest BCUT2D eigenvalue weighted by Gasteiger charge is 2.30. The van der Waals surface area contributed by atoms with Gasteiger partial charge in [-0.05, 0) is 67.5 Å². The number of nitriles is 1. The van der Waals surface area contributed by atoms with Crippen LogP contribution in [0.25, 0.3) is 11.1 Å². The standard InChI is InChI=1S/C31H33N7O/c1-37-22-26(21-35-37)25-8-12-28(13-9-25)38(31(39)33-18-17-23-5-3-2-4-6-23)29-14-10-27(11-15-29)36-30-16-7-24(19-32)20-34-30/h2-9,12-13,16,20-22,27,29H,10-11,14-15,17-18H2,1H3,(H,33,39)(H,34,36)/t27-,29-. The molecule has 0 aliphatic heterocycles. The van der Waals surface area contributed by atoms with Gasteiger partial charge in [0, 0.05) is 49.3 Å². The monoisotopic (exact) mass is 519 g/mol. The molecule has 2 heterocycles. The molecular weight excluding hydrogens is 486 g/mol. The maximum Gasteiger partial charge on any atom is 0.322 e. The van der Waals surface area contributed by atoms with Gasteiger partial charge in [0.1, 0.15) is 11.9 Å². The molecule has 0 unspecified atom stereocenters. The Labute approximate surface area is 229 Å². The Bertz CT molecular complexity index is 1400. The molecule has 0 radical (unpaired) electrons. The van der Waals surface area contributed by atoms with E-state index in [2.05, 4.69) is 51.1 Å². The Morgan fingerprint density at radius 2 is 1.77 bits per heavy atom. The number of aryl methyl sites for hydroxylation is 1. The summed E-state index contributed by atoms with van der Waals surface area (Å²) in [5.41, 5.74) is 4.76. The number of urea groups is 1. The zero-order chi connectivity index (χ0) is 27.0. The number of hydrogen-bond acceptors (Lipinski definition) is 5. The van der Waals surface area contributed by atoms with Crippen LogP contribution in [0.1, 0.15) is 36.8 Å². The first-order valence-corrected chi connectivity index (χ1v) is 13.4. The van der Waals surface area contributed by atoms with Crippen LogP contribution >= 0.6 is 0 Å². The number of benzene rings is 2. The van der Waals surface area contributed by atoms with Crippen LogP contribution in [-0.2, 0) is 13.5 Å². The van der Waals surface area contributed by atoms with Crippen LogP contribution in [-0.4, -0.2) is 39.4 Å². The zero-order valence-corrected chi connectivity index (χ0v) is 22.1. The summed E-state index contributed by atoms with van der Waals surface area (Å²) in [5.74, 6) is 0.777. The van der Waals surface area contributed by atoms with E-state index in [1.807, 2.05) is 60.7 Å². The third-order valence-corrected chi connectivity index (χ3v) is 7.24. The van der Waals surface area contributed by atoms with Crippen LogP contribution in [0, 0.1) is 11.3 Å². The summed E-state index contributed by atoms with van der Waals surface area (Å²) in [4.78, 5) is 19.9. The van der Waals surface area contributed by atoms with Gasteiger partial charge in [0.05, 0.1) is 11.8 Å². The average molecular weight is 520 g/mol. The molecule has 198 valence electrons. The van der Waals surface area contributed by atoms with Gasteiger partial charge in [0.2, 0.25) is 0 Å². The molecule has 0 spiro atoms. The summed E-state index contributed by atoms with van der Waals surface area (Å²) < 4.78 is 1.79. The van der Waals surface area contributed by atoms with Crippen molar-refractivity contribution in [3.05, 3.63) is 96.4 Å². The van der Waals surface area contributed by atoms with Gasteiger partial charge < -0.3 is 10.6 Å². The quantitative estimate of drug-likeness (QED) is 0.319. The minimum atomic E-state index is -0.0646. The number of amides is 2. The number of pyridine rings is 1. The highest BCUT2D eigenvalue weighted by molar-refractivity contribution is 5.93. The number of rotatable bonds is 8. The van der Waals surface area contributed by atoms with Gasteiger partial charge in [-0.1, -0.05) is 42.5 Å². The molecule has 0 bridgehead atoms. The lowest BCUT2D eigenvalue weighted by atomic mass is 9.89. The molecule has 2 amide bonds. The van der Waals surface area contributed by atoms with Crippen molar-refractivity contribution in [2.24, 2.45) is 7.05 Å². The summed E-state index contributed by atoms with van der Waals surface area (Å²) >= 11 is 0. The molecule has 8 heteroatoms. The first kappa shape index (κ1) is 26.0. The minimum absolute atomic E-state index is 0.0646. The first-order chi connectivity index (χ1) is 19.1. The topological polar surface area (TPSA) is 98.9 Å². The Kier molecular flexibility index (Phi) is 8.18. The van der Waals surface area contributed by atoms with E-state index in [4.69, 9.17) is 5.26 Å². The number of carbonyl (C=O) groups excluding carboxylic acids is 1. The number of nitrogens with zero attached hydrogens (tertiary/aromatic N) is 5. The van der Waals surface area contributed by atoms with Crippen LogP contribution in [0.4, 0.5) is 16.3 Å². The van der Waals surface area contributed by atoms with Crippen LogP contribution < -0.4 is 15.5 Å². The lowest BCUT2D eigenvalue weighted by Gasteiger charge is -2.37. The van der Waals surface area contributed by atoms with Crippen molar-refractivity contribution in [3.63, 3.8) is 0 Å². The van der Waals surface area contributed by atoms with Gasteiger partial charge in [0.15, 0.2) is 0 Å². The molecule has 1 aliphatic rings. The molecular formula is C31H33N7O. The highest BCUT2D eigenvalue weighted by Crippen LogP contribution is 2.31. The SMILES string of the molecule is Cn1cc(-c2ccc(N(C(=O)NCCc3ccccc3)[C@H]3CC[C@H](Nc4ccc(C#N)cn4)CC3)cc2)cn1. The van der Waals surface area contributed by atoms with Crippen molar-refractivity contribution in [3.8, 4) is 17.2 Å². The first-order valence-electron chi connectivity index (χ1n) is 13.4. The van der Waals surface area contributed by atoms with E-state index in [0.717, 1.165) is 54.7 Å². The van der Waals surface area contributed by atoms with E-state index in [1.165, 1.54) is 5.56 Å². The predicted octanol–water partition coefficient (Wildman–Crippen LogP) is 5.54. The molecule has 2 aromatic carbocycles. The largest absolute Gasteiger partial charge is 0.367 e. The Morgan fingerprint density at radius 3 is 2.41 bits per heavy atom. The van der Waals surface area contributed by atoms with Gasteiger partial charge in [-0.3, -0.25) is 9.58 Å². The fraction of sp³-hybridized carbons (Fsp3) is 0.290. The van der Waals surface area contributed by atoms with Crippen molar-refractivity contribution in [1.29, 1.82) is 5.26 Å². The summed E-state index contributed by atoms with van der Waals surface area (Å²) in [6.07, 6.45) is 9.82. The van der Waals surface area contributed by atoms with E-state index in [-0.39, 0.29) is 18.1 Å². The number of carbonyl (C=O) groups is 1. The van der Waals surface area contributed by atoms with E-state index >= 15 is 0 Å². The van der Waals surface area contributed by atoms with Gasteiger partial charge in [-0.25, -0.2) is 9.78 Å². The average Bonchev–Trinajstić information content (AvgIpc) is 3.41. The lowest BCUT2D eigenvalue weighted by molar-refractivity contribution is 0.241. The normalized spacial score (nSPS) is 16.7. The third-order valence-electron chi connectivity index (χ3n) is 7.24. The molecule has 2 aromatic heterocycles. The van der Waals surface area contributed by atoms with Crippen LogP contribution in [0.15, 0.2) is 85.3 Å². The Hall–Kier alpha value is -4.64. The number of hydrogen-bond donors (Lipinski definition) is 2. The number of nitrogens with one attached hydrogen (secondary N) is 2. The fourth-order valence-corrected chi connectivity index (χ4v) is 5.16. The molecule has 8 nitrogen and oxygen atoms in total. The second kappa shape index (κ2) is 12.3. The van der Waals surface area contributed by atoms with Gasteiger partial charge in [-0.2, -0.15) is 10.4 Å². The van der Waals surface area contributed by atoms with E-state index in [1.54, 1.807) is 16.9 Å². The van der Waals surface area contributed by atoms with Crippen LogP contribution in [0.3, 0.4) is 0 Å². The van der Waals surface area contributed by atoms with Gasteiger partial charge in [-0.15, -0.1) is 0 Å². The van der Waals surface area contributed by atoms with Crippen LogP contribution in [0.2, 0.25) is 0 Å². The number of anilines is 2. The maximum absolute atomic E-state index is 13.6. The Morgan fingerprint density at radius 1 is 1.00 bits per heavy atom. The fourth-order valence-electron chi connectivity index (χ4n) is 5.16. The summed E-state index contributed by atoms with van der Waals surface area (Å²) in [5, 5.41) is 19.9.